The maximum atomic E-state index is 2.39. The SMILES string of the molecule is CC(c1ccn(C)c1)C1CCCCC1. The molecule has 0 radical (unpaired) electrons. The van der Waals surface area contributed by atoms with Crippen LogP contribution < -0.4 is 0 Å². The molecule has 1 aliphatic carbocycles. The highest BCUT2D eigenvalue weighted by Gasteiger charge is 2.21. The molecule has 1 heterocycles. The molecule has 0 N–H and O–H groups in total. The molecule has 0 bridgehead atoms. The third-order valence-corrected chi connectivity index (χ3v) is 3.74. The zero-order valence-electron chi connectivity index (χ0n) is 9.37. The second-order valence-electron chi connectivity index (χ2n) is 4.80. The fraction of sp³-hybridized carbons (Fsp3) is 0.692. The second-order valence-corrected chi connectivity index (χ2v) is 4.80. The van der Waals surface area contributed by atoms with Gasteiger partial charge in [-0.1, -0.05) is 26.2 Å². The van der Waals surface area contributed by atoms with Gasteiger partial charge in [-0.05, 0) is 36.3 Å². The Labute approximate surface area is 87.1 Å². The molecule has 14 heavy (non-hydrogen) atoms. The molecular formula is C13H21N. The minimum Gasteiger partial charge on any atom is -0.357 e. The van der Waals surface area contributed by atoms with Crippen LogP contribution in [0.1, 0.15) is 50.5 Å². The van der Waals surface area contributed by atoms with Crippen LogP contribution in [0.3, 0.4) is 0 Å². The number of aromatic nitrogens is 1. The molecule has 0 aliphatic heterocycles. The first kappa shape index (κ1) is 9.82. The Hall–Kier alpha value is -0.720. The van der Waals surface area contributed by atoms with Crippen LogP contribution in [0.15, 0.2) is 18.5 Å². The molecule has 1 aliphatic rings. The van der Waals surface area contributed by atoms with Crippen molar-refractivity contribution in [3.05, 3.63) is 24.0 Å². The molecule has 1 aromatic rings. The van der Waals surface area contributed by atoms with Gasteiger partial charge in [0.2, 0.25) is 0 Å². The highest BCUT2D eigenvalue weighted by Crippen LogP contribution is 2.35. The second kappa shape index (κ2) is 4.20. The van der Waals surface area contributed by atoms with Crippen molar-refractivity contribution in [2.45, 2.75) is 44.9 Å². The van der Waals surface area contributed by atoms with E-state index in [-0.39, 0.29) is 0 Å². The van der Waals surface area contributed by atoms with Crippen LogP contribution in [-0.2, 0) is 7.05 Å². The van der Waals surface area contributed by atoms with Gasteiger partial charge >= 0.3 is 0 Å². The van der Waals surface area contributed by atoms with Crippen molar-refractivity contribution >= 4 is 0 Å². The molecule has 1 aromatic heterocycles. The molecule has 78 valence electrons. The monoisotopic (exact) mass is 191 g/mol. The third kappa shape index (κ3) is 2.02. The molecule has 0 spiro atoms. The van der Waals surface area contributed by atoms with E-state index in [2.05, 4.69) is 37.0 Å². The lowest BCUT2D eigenvalue weighted by molar-refractivity contribution is 0.316. The summed E-state index contributed by atoms with van der Waals surface area (Å²) in [7, 11) is 2.11. The smallest absolute Gasteiger partial charge is 0.0106 e. The van der Waals surface area contributed by atoms with Crippen LogP contribution in [0.2, 0.25) is 0 Å². The average Bonchev–Trinajstić information content (AvgIpc) is 2.65. The van der Waals surface area contributed by atoms with Gasteiger partial charge in [0.15, 0.2) is 0 Å². The van der Waals surface area contributed by atoms with E-state index in [0.29, 0.717) is 0 Å². The van der Waals surface area contributed by atoms with Crippen molar-refractivity contribution in [3.63, 3.8) is 0 Å². The summed E-state index contributed by atoms with van der Waals surface area (Å²) in [5, 5.41) is 0. The third-order valence-electron chi connectivity index (χ3n) is 3.74. The average molecular weight is 191 g/mol. The zero-order chi connectivity index (χ0) is 9.97. The van der Waals surface area contributed by atoms with E-state index >= 15 is 0 Å². The molecule has 1 heteroatoms. The Bertz CT molecular complexity index is 281. The topological polar surface area (TPSA) is 4.93 Å². The van der Waals surface area contributed by atoms with Crippen molar-refractivity contribution in [1.82, 2.24) is 4.57 Å². The van der Waals surface area contributed by atoms with E-state index in [1.807, 2.05) is 0 Å². The van der Waals surface area contributed by atoms with Gasteiger partial charge in [-0.3, -0.25) is 0 Å². The highest BCUT2D eigenvalue weighted by atomic mass is 14.9. The molecule has 0 saturated heterocycles. The van der Waals surface area contributed by atoms with Crippen molar-refractivity contribution in [1.29, 1.82) is 0 Å². The molecule has 0 amide bonds. The highest BCUT2D eigenvalue weighted by molar-refractivity contribution is 5.16. The molecule has 2 rings (SSSR count). The maximum absolute atomic E-state index is 2.39. The van der Waals surface area contributed by atoms with Crippen LogP contribution in [0.4, 0.5) is 0 Å². The standard InChI is InChI=1S/C13H21N/c1-11(12-6-4-3-5-7-12)13-8-9-14(2)10-13/h8-12H,3-7H2,1-2H3. The van der Waals surface area contributed by atoms with Gasteiger partial charge < -0.3 is 4.57 Å². The Balaban J connectivity index is 2.03. The van der Waals surface area contributed by atoms with Gasteiger partial charge in [0.1, 0.15) is 0 Å². The van der Waals surface area contributed by atoms with Crippen molar-refractivity contribution in [3.8, 4) is 0 Å². The van der Waals surface area contributed by atoms with Crippen LogP contribution in [0, 0.1) is 5.92 Å². The number of aryl methyl sites for hydroxylation is 1. The summed E-state index contributed by atoms with van der Waals surface area (Å²) in [5.41, 5.74) is 1.53. The number of nitrogens with zero attached hydrogens (tertiary/aromatic N) is 1. The number of rotatable bonds is 2. The summed E-state index contributed by atoms with van der Waals surface area (Å²) in [6.45, 7) is 2.39. The van der Waals surface area contributed by atoms with Gasteiger partial charge in [0, 0.05) is 19.4 Å². The lowest BCUT2D eigenvalue weighted by Crippen LogP contribution is -2.13. The zero-order valence-corrected chi connectivity index (χ0v) is 9.37. The van der Waals surface area contributed by atoms with E-state index in [9.17, 15) is 0 Å². The molecular weight excluding hydrogens is 170 g/mol. The molecule has 1 atom stereocenters. The predicted molar refractivity (Wildman–Crippen MR) is 60.4 cm³/mol. The first-order valence-corrected chi connectivity index (χ1v) is 5.89. The molecule has 1 fully saturated rings. The first-order valence-electron chi connectivity index (χ1n) is 5.89. The van der Waals surface area contributed by atoms with Crippen LogP contribution in [0.5, 0.6) is 0 Å². The molecule has 1 saturated carbocycles. The van der Waals surface area contributed by atoms with Crippen molar-refractivity contribution in [2.75, 3.05) is 0 Å². The Morgan fingerprint density at radius 1 is 1.29 bits per heavy atom. The quantitative estimate of drug-likeness (QED) is 0.671. The van der Waals surface area contributed by atoms with E-state index < -0.39 is 0 Å². The number of hydrogen-bond donors (Lipinski definition) is 0. The van der Waals surface area contributed by atoms with E-state index in [0.717, 1.165) is 11.8 Å². The van der Waals surface area contributed by atoms with E-state index in [1.165, 1.54) is 37.7 Å². The predicted octanol–water partition coefficient (Wildman–Crippen LogP) is 3.71. The van der Waals surface area contributed by atoms with Crippen molar-refractivity contribution < 1.29 is 0 Å². The summed E-state index contributed by atoms with van der Waals surface area (Å²) in [5.74, 6) is 1.70. The first-order chi connectivity index (χ1) is 6.77. The van der Waals surface area contributed by atoms with Gasteiger partial charge in [0.25, 0.3) is 0 Å². The minimum absolute atomic E-state index is 0.761. The maximum Gasteiger partial charge on any atom is 0.0106 e. The Kier molecular flexibility index (Phi) is 2.95. The van der Waals surface area contributed by atoms with Crippen LogP contribution in [-0.4, -0.2) is 4.57 Å². The Morgan fingerprint density at radius 2 is 2.00 bits per heavy atom. The van der Waals surface area contributed by atoms with E-state index in [4.69, 9.17) is 0 Å². The normalized spacial score (nSPS) is 21.0. The molecule has 1 unspecified atom stereocenters. The summed E-state index contributed by atoms with van der Waals surface area (Å²) in [6, 6.07) is 2.28. The van der Waals surface area contributed by atoms with Crippen LogP contribution in [0.25, 0.3) is 0 Å². The molecule has 1 nitrogen and oxygen atoms in total. The summed E-state index contributed by atoms with van der Waals surface area (Å²) in [6.07, 6.45) is 11.7. The summed E-state index contributed by atoms with van der Waals surface area (Å²) in [4.78, 5) is 0. The number of hydrogen-bond acceptors (Lipinski definition) is 0. The fourth-order valence-electron chi connectivity index (χ4n) is 2.70. The van der Waals surface area contributed by atoms with E-state index in [1.54, 1.807) is 0 Å². The van der Waals surface area contributed by atoms with Gasteiger partial charge in [-0.25, -0.2) is 0 Å². The minimum atomic E-state index is 0.761. The largest absolute Gasteiger partial charge is 0.357 e. The van der Waals surface area contributed by atoms with Crippen LogP contribution >= 0.6 is 0 Å². The molecule has 0 aromatic carbocycles. The summed E-state index contributed by atoms with van der Waals surface area (Å²) >= 11 is 0. The lowest BCUT2D eigenvalue weighted by atomic mass is 9.78. The van der Waals surface area contributed by atoms with Gasteiger partial charge in [-0.15, -0.1) is 0 Å². The van der Waals surface area contributed by atoms with Gasteiger partial charge in [-0.2, -0.15) is 0 Å². The Morgan fingerprint density at radius 3 is 2.57 bits per heavy atom. The summed E-state index contributed by atoms with van der Waals surface area (Å²) < 4.78 is 2.16. The fourth-order valence-corrected chi connectivity index (χ4v) is 2.70. The van der Waals surface area contributed by atoms with Gasteiger partial charge in [0.05, 0.1) is 0 Å². The lowest BCUT2D eigenvalue weighted by Gasteiger charge is -2.27. The van der Waals surface area contributed by atoms with Crippen molar-refractivity contribution in [2.24, 2.45) is 13.0 Å².